The highest BCUT2D eigenvalue weighted by atomic mass is 32.2. The number of hydroxylamine groups is 1. The van der Waals surface area contributed by atoms with Crippen molar-refractivity contribution in [2.24, 2.45) is 0 Å². The van der Waals surface area contributed by atoms with Crippen molar-refractivity contribution < 1.29 is 23.2 Å². The average molecular weight is 259 g/mol. The molecule has 1 aromatic carbocycles. The maximum atomic E-state index is 12.0. The smallest absolute Gasteiger partial charge is 0.335 e. The van der Waals surface area contributed by atoms with Crippen molar-refractivity contribution in [2.75, 3.05) is 14.2 Å². The van der Waals surface area contributed by atoms with E-state index in [0.717, 1.165) is 0 Å². The first-order valence-electron chi connectivity index (χ1n) is 4.68. The van der Waals surface area contributed by atoms with Crippen molar-refractivity contribution >= 4 is 16.0 Å². The van der Waals surface area contributed by atoms with Crippen LogP contribution in [0, 0.1) is 6.92 Å². The third-order valence-corrected chi connectivity index (χ3v) is 4.21. The molecule has 0 fully saturated rings. The molecule has 1 N–H and O–H groups in total. The largest absolute Gasteiger partial charge is 0.478 e. The van der Waals surface area contributed by atoms with Crippen molar-refractivity contribution in [1.29, 1.82) is 0 Å². The van der Waals surface area contributed by atoms with E-state index in [1.807, 2.05) is 0 Å². The summed E-state index contributed by atoms with van der Waals surface area (Å²) < 4.78 is 24.6. The van der Waals surface area contributed by atoms with E-state index in [1.165, 1.54) is 39.3 Å². The van der Waals surface area contributed by atoms with Gasteiger partial charge >= 0.3 is 5.97 Å². The van der Waals surface area contributed by atoms with E-state index in [4.69, 9.17) is 5.11 Å². The van der Waals surface area contributed by atoms with Gasteiger partial charge < -0.3 is 5.11 Å². The molecule has 94 valence electrons. The summed E-state index contributed by atoms with van der Waals surface area (Å²) in [6, 6.07) is 4.07. The first-order valence-corrected chi connectivity index (χ1v) is 6.12. The van der Waals surface area contributed by atoms with Crippen LogP contribution < -0.4 is 0 Å². The van der Waals surface area contributed by atoms with Crippen molar-refractivity contribution in [3.63, 3.8) is 0 Å². The quantitative estimate of drug-likeness (QED) is 0.811. The summed E-state index contributed by atoms with van der Waals surface area (Å²) in [4.78, 5) is 15.4. The van der Waals surface area contributed by atoms with Gasteiger partial charge in [0.2, 0.25) is 0 Å². The zero-order valence-corrected chi connectivity index (χ0v) is 10.5. The summed E-state index contributed by atoms with van der Waals surface area (Å²) in [6.45, 7) is 1.44. The number of carboxylic acids is 1. The van der Waals surface area contributed by atoms with Gasteiger partial charge in [0, 0.05) is 7.05 Å². The first-order chi connectivity index (χ1) is 7.82. The normalized spacial score (nSPS) is 11.8. The SMILES string of the molecule is CON(C)S(=O)(=O)c1cccc(C(=O)O)c1C. The Bertz CT molecular complexity index is 538. The molecule has 0 heterocycles. The van der Waals surface area contributed by atoms with E-state index in [1.54, 1.807) is 0 Å². The number of benzene rings is 1. The summed E-state index contributed by atoms with van der Waals surface area (Å²) in [7, 11) is -1.37. The minimum atomic E-state index is -3.83. The van der Waals surface area contributed by atoms with Crippen LogP contribution >= 0.6 is 0 Å². The summed E-state index contributed by atoms with van der Waals surface area (Å²) in [5.74, 6) is -1.17. The highest BCUT2D eigenvalue weighted by Crippen LogP contribution is 2.21. The topological polar surface area (TPSA) is 83.9 Å². The predicted molar refractivity (Wildman–Crippen MR) is 60.1 cm³/mol. The zero-order valence-electron chi connectivity index (χ0n) is 9.67. The Morgan fingerprint density at radius 1 is 1.41 bits per heavy atom. The molecule has 1 aromatic rings. The molecular weight excluding hydrogens is 246 g/mol. The summed E-state index contributed by atoms with van der Waals surface area (Å²) in [5, 5.41) is 8.91. The van der Waals surface area contributed by atoms with Gasteiger partial charge in [0.15, 0.2) is 0 Å². The fraction of sp³-hybridized carbons (Fsp3) is 0.300. The van der Waals surface area contributed by atoms with E-state index in [-0.39, 0.29) is 16.0 Å². The Balaban J connectivity index is 3.44. The van der Waals surface area contributed by atoms with Crippen LogP contribution in [-0.2, 0) is 14.9 Å². The molecule has 0 radical (unpaired) electrons. The van der Waals surface area contributed by atoms with Crippen LogP contribution in [0.4, 0.5) is 0 Å². The van der Waals surface area contributed by atoms with E-state index in [2.05, 4.69) is 4.84 Å². The lowest BCUT2D eigenvalue weighted by molar-refractivity contribution is -0.0259. The highest BCUT2D eigenvalue weighted by molar-refractivity contribution is 7.89. The highest BCUT2D eigenvalue weighted by Gasteiger charge is 2.25. The van der Waals surface area contributed by atoms with Crippen molar-refractivity contribution in [2.45, 2.75) is 11.8 Å². The van der Waals surface area contributed by atoms with Crippen molar-refractivity contribution in [3.8, 4) is 0 Å². The zero-order chi connectivity index (χ0) is 13.2. The molecule has 1 rings (SSSR count). The van der Waals surface area contributed by atoms with E-state index >= 15 is 0 Å². The molecule has 0 amide bonds. The lowest BCUT2D eigenvalue weighted by Crippen LogP contribution is -2.26. The maximum absolute atomic E-state index is 12.0. The standard InChI is InChI=1S/C10H13NO5S/c1-7-8(10(12)13)5-4-6-9(7)17(14,15)11(2)16-3/h4-6H,1-3H3,(H,12,13). The van der Waals surface area contributed by atoms with Crippen LogP contribution in [0.5, 0.6) is 0 Å². The Morgan fingerprint density at radius 3 is 2.47 bits per heavy atom. The Morgan fingerprint density at radius 2 is 2.00 bits per heavy atom. The molecule has 0 aliphatic rings. The van der Waals surface area contributed by atoms with Gasteiger partial charge in [-0.2, -0.15) is 0 Å². The molecule has 0 spiro atoms. The summed E-state index contributed by atoms with van der Waals surface area (Å²) in [6.07, 6.45) is 0. The lowest BCUT2D eigenvalue weighted by Gasteiger charge is -2.16. The first kappa shape index (κ1) is 13.6. The maximum Gasteiger partial charge on any atom is 0.335 e. The molecule has 0 aliphatic heterocycles. The second-order valence-electron chi connectivity index (χ2n) is 3.33. The Hall–Kier alpha value is -1.44. The molecule has 0 unspecified atom stereocenters. The average Bonchev–Trinajstić information content (AvgIpc) is 2.27. The Labute approximate surface area is 99.4 Å². The van der Waals surface area contributed by atoms with Crippen LogP contribution in [-0.4, -0.2) is 38.1 Å². The monoisotopic (exact) mass is 259 g/mol. The fourth-order valence-electron chi connectivity index (χ4n) is 1.36. The summed E-state index contributed by atoms with van der Waals surface area (Å²) in [5.41, 5.74) is 0.138. The molecule has 0 saturated carbocycles. The van der Waals surface area contributed by atoms with Crippen LogP contribution in [0.15, 0.2) is 23.1 Å². The van der Waals surface area contributed by atoms with Crippen molar-refractivity contribution in [3.05, 3.63) is 29.3 Å². The number of aromatic carboxylic acids is 1. The second kappa shape index (κ2) is 4.82. The molecule has 0 atom stereocenters. The second-order valence-corrected chi connectivity index (χ2v) is 5.24. The number of rotatable bonds is 4. The predicted octanol–water partition coefficient (Wildman–Crippen LogP) is 0.875. The fourth-order valence-corrected chi connectivity index (χ4v) is 2.58. The van der Waals surface area contributed by atoms with Gasteiger partial charge in [-0.15, -0.1) is 0 Å². The number of nitrogens with zero attached hydrogens (tertiary/aromatic N) is 1. The molecular formula is C10H13NO5S. The molecule has 0 aliphatic carbocycles. The number of sulfonamides is 1. The summed E-state index contributed by atoms with van der Waals surface area (Å²) >= 11 is 0. The molecule has 17 heavy (non-hydrogen) atoms. The van der Waals surface area contributed by atoms with Gasteiger partial charge in [-0.1, -0.05) is 10.5 Å². The van der Waals surface area contributed by atoms with Gasteiger partial charge in [-0.05, 0) is 24.6 Å². The minimum Gasteiger partial charge on any atom is -0.478 e. The van der Waals surface area contributed by atoms with Gasteiger partial charge in [0.25, 0.3) is 10.0 Å². The van der Waals surface area contributed by atoms with Crippen LogP contribution in [0.25, 0.3) is 0 Å². The molecule has 6 nitrogen and oxygen atoms in total. The molecule has 0 bridgehead atoms. The van der Waals surface area contributed by atoms with Gasteiger partial charge in [-0.25, -0.2) is 13.2 Å². The minimum absolute atomic E-state index is 0.0458. The molecule has 0 saturated heterocycles. The van der Waals surface area contributed by atoms with E-state index in [9.17, 15) is 13.2 Å². The lowest BCUT2D eigenvalue weighted by atomic mass is 10.1. The number of hydrogen-bond donors (Lipinski definition) is 1. The third kappa shape index (κ3) is 2.46. The van der Waals surface area contributed by atoms with Crippen molar-refractivity contribution in [1.82, 2.24) is 4.47 Å². The Kier molecular flexibility index (Phi) is 3.87. The third-order valence-electron chi connectivity index (χ3n) is 2.39. The number of hydrogen-bond acceptors (Lipinski definition) is 4. The van der Waals surface area contributed by atoms with Gasteiger partial charge in [0.1, 0.15) is 0 Å². The van der Waals surface area contributed by atoms with E-state index < -0.39 is 16.0 Å². The number of carbonyl (C=O) groups is 1. The van der Waals surface area contributed by atoms with Crippen LogP contribution in [0.2, 0.25) is 0 Å². The molecule has 7 heteroatoms. The molecule has 0 aromatic heterocycles. The van der Waals surface area contributed by atoms with E-state index in [0.29, 0.717) is 4.47 Å². The van der Waals surface area contributed by atoms with Gasteiger partial charge in [0.05, 0.1) is 17.6 Å². The number of carboxylic acid groups (broad SMARTS) is 1. The van der Waals surface area contributed by atoms with Gasteiger partial charge in [-0.3, -0.25) is 4.84 Å². The van der Waals surface area contributed by atoms with Crippen LogP contribution in [0.1, 0.15) is 15.9 Å². The van der Waals surface area contributed by atoms with Crippen LogP contribution in [0.3, 0.4) is 0 Å².